The van der Waals surface area contributed by atoms with Gasteiger partial charge in [-0.2, -0.15) is 0 Å². The number of rotatable bonds is 9. The second-order valence-electron chi connectivity index (χ2n) is 4.19. The van der Waals surface area contributed by atoms with E-state index in [4.69, 9.17) is 9.47 Å². The molecule has 0 saturated heterocycles. The lowest BCUT2D eigenvalue weighted by Gasteiger charge is -2.20. The standard InChI is InChI=1S/C14H20BrNO3/c1-18-9-7-16(8-10-19-2)11-14(17)12-3-5-13(15)6-4-12/h3-6H,7-11H2,1-2H3. The van der Waals surface area contributed by atoms with Crippen molar-refractivity contribution in [3.8, 4) is 0 Å². The zero-order chi connectivity index (χ0) is 14.1. The summed E-state index contributed by atoms with van der Waals surface area (Å²) in [5, 5.41) is 0. The Labute approximate surface area is 122 Å². The molecule has 0 amide bonds. The maximum Gasteiger partial charge on any atom is 0.176 e. The van der Waals surface area contributed by atoms with Crippen LogP contribution in [0.1, 0.15) is 10.4 Å². The third kappa shape index (κ3) is 6.29. The van der Waals surface area contributed by atoms with E-state index < -0.39 is 0 Å². The summed E-state index contributed by atoms with van der Waals surface area (Å²) in [6, 6.07) is 7.41. The Kier molecular flexibility index (Phi) is 7.90. The molecule has 0 aliphatic heterocycles. The summed E-state index contributed by atoms with van der Waals surface area (Å²) in [6.45, 7) is 3.05. The molecule has 0 bridgehead atoms. The zero-order valence-corrected chi connectivity index (χ0v) is 13.0. The van der Waals surface area contributed by atoms with Gasteiger partial charge in [0.05, 0.1) is 19.8 Å². The molecule has 1 aromatic rings. The monoisotopic (exact) mass is 329 g/mol. The number of ketones is 1. The van der Waals surface area contributed by atoms with Crippen LogP contribution in [0, 0.1) is 0 Å². The number of ether oxygens (including phenoxy) is 2. The third-order valence-corrected chi connectivity index (χ3v) is 3.29. The summed E-state index contributed by atoms with van der Waals surface area (Å²) in [7, 11) is 3.32. The molecular formula is C14H20BrNO3. The second kappa shape index (κ2) is 9.20. The Balaban J connectivity index is 2.56. The van der Waals surface area contributed by atoms with Crippen LogP contribution in [-0.2, 0) is 9.47 Å². The van der Waals surface area contributed by atoms with Crippen molar-refractivity contribution in [3.63, 3.8) is 0 Å². The number of carbonyl (C=O) groups is 1. The van der Waals surface area contributed by atoms with E-state index in [0.29, 0.717) is 19.8 Å². The molecule has 0 radical (unpaired) electrons. The molecule has 5 heteroatoms. The third-order valence-electron chi connectivity index (χ3n) is 2.76. The van der Waals surface area contributed by atoms with Gasteiger partial charge in [-0.1, -0.05) is 28.1 Å². The van der Waals surface area contributed by atoms with Crippen molar-refractivity contribution in [2.75, 3.05) is 47.1 Å². The van der Waals surface area contributed by atoms with E-state index in [1.54, 1.807) is 14.2 Å². The molecule has 0 unspecified atom stereocenters. The Hall–Kier alpha value is -0.750. The quantitative estimate of drug-likeness (QED) is 0.651. The average Bonchev–Trinajstić information content (AvgIpc) is 2.42. The summed E-state index contributed by atoms with van der Waals surface area (Å²) in [5.74, 6) is 0.111. The lowest BCUT2D eigenvalue weighted by molar-refractivity contribution is 0.0837. The van der Waals surface area contributed by atoms with Crippen molar-refractivity contribution in [2.45, 2.75) is 0 Å². The van der Waals surface area contributed by atoms with Gasteiger partial charge in [0.1, 0.15) is 0 Å². The predicted molar refractivity (Wildman–Crippen MR) is 78.7 cm³/mol. The van der Waals surface area contributed by atoms with Crippen molar-refractivity contribution >= 4 is 21.7 Å². The van der Waals surface area contributed by atoms with E-state index >= 15 is 0 Å². The molecule has 0 saturated carbocycles. The highest BCUT2D eigenvalue weighted by atomic mass is 79.9. The number of benzene rings is 1. The number of nitrogens with zero attached hydrogens (tertiary/aromatic N) is 1. The number of methoxy groups -OCH3 is 2. The van der Waals surface area contributed by atoms with Crippen LogP contribution >= 0.6 is 15.9 Å². The number of carbonyl (C=O) groups excluding carboxylic acids is 1. The van der Waals surface area contributed by atoms with Gasteiger partial charge in [-0.25, -0.2) is 0 Å². The molecule has 0 aromatic heterocycles. The summed E-state index contributed by atoms with van der Waals surface area (Å²) in [4.78, 5) is 14.2. The fourth-order valence-electron chi connectivity index (χ4n) is 1.64. The first-order valence-corrected chi connectivity index (χ1v) is 6.95. The maximum atomic E-state index is 12.2. The lowest BCUT2D eigenvalue weighted by Crippen LogP contribution is -2.35. The van der Waals surface area contributed by atoms with Gasteiger partial charge >= 0.3 is 0 Å². The Bertz CT molecular complexity index is 373. The van der Waals surface area contributed by atoms with Crippen molar-refractivity contribution in [1.29, 1.82) is 0 Å². The minimum absolute atomic E-state index is 0.111. The molecule has 0 N–H and O–H groups in total. The highest BCUT2D eigenvalue weighted by molar-refractivity contribution is 9.10. The normalized spacial score (nSPS) is 10.9. The lowest BCUT2D eigenvalue weighted by atomic mass is 10.1. The van der Waals surface area contributed by atoms with E-state index in [2.05, 4.69) is 15.9 Å². The Morgan fingerprint density at radius 2 is 1.63 bits per heavy atom. The van der Waals surface area contributed by atoms with Crippen molar-refractivity contribution in [3.05, 3.63) is 34.3 Å². The summed E-state index contributed by atoms with van der Waals surface area (Å²) < 4.78 is 11.1. The smallest absolute Gasteiger partial charge is 0.176 e. The van der Waals surface area contributed by atoms with Crippen molar-refractivity contribution in [1.82, 2.24) is 4.90 Å². The van der Waals surface area contributed by atoms with E-state index in [9.17, 15) is 4.79 Å². The van der Waals surface area contributed by atoms with E-state index in [-0.39, 0.29) is 5.78 Å². The van der Waals surface area contributed by atoms with E-state index in [1.165, 1.54) is 0 Å². The molecule has 0 spiro atoms. The van der Waals surface area contributed by atoms with Crippen LogP contribution in [0.2, 0.25) is 0 Å². The van der Waals surface area contributed by atoms with Gasteiger partial charge < -0.3 is 9.47 Å². The van der Waals surface area contributed by atoms with Crippen LogP contribution in [0.25, 0.3) is 0 Å². The van der Waals surface area contributed by atoms with Gasteiger partial charge in [-0.05, 0) is 12.1 Å². The number of halogens is 1. The highest BCUT2D eigenvalue weighted by Crippen LogP contribution is 2.11. The first-order valence-electron chi connectivity index (χ1n) is 6.16. The Morgan fingerprint density at radius 3 is 2.11 bits per heavy atom. The predicted octanol–water partition coefficient (Wildman–Crippen LogP) is 2.23. The largest absolute Gasteiger partial charge is 0.383 e. The first-order chi connectivity index (χ1) is 9.17. The molecule has 1 aromatic carbocycles. The van der Waals surface area contributed by atoms with Gasteiger partial charge in [0.15, 0.2) is 5.78 Å². The van der Waals surface area contributed by atoms with Crippen molar-refractivity contribution in [2.24, 2.45) is 0 Å². The summed E-state index contributed by atoms with van der Waals surface area (Å²) >= 11 is 3.36. The van der Waals surface area contributed by atoms with E-state index in [0.717, 1.165) is 23.1 Å². The fourth-order valence-corrected chi connectivity index (χ4v) is 1.91. The van der Waals surface area contributed by atoms with Gasteiger partial charge in [0, 0.05) is 37.3 Å². The van der Waals surface area contributed by atoms with Crippen LogP contribution in [0.15, 0.2) is 28.7 Å². The van der Waals surface area contributed by atoms with Gasteiger partial charge in [-0.15, -0.1) is 0 Å². The molecule has 0 fully saturated rings. The van der Waals surface area contributed by atoms with E-state index in [1.807, 2.05) is 29.2 Å². The molecule has 19 heavy (non-hydrogen) atoms. The number of hydrogen-bond donors (Lipinski definition) is 0. The molecule has 106 valence electrons. The summed E-state index contributed by atoms with van der Waals surface area (Å²) in [5.41, 5.74) is 0.725. The van der Waals surface area contributed by atoms with Crippen LogP contribution in [0.5, 0.6) is 0 Å². The second-order valence-corrected chi connectivity index (χ2v) is 5.11. The molecule has 0 heterocycles. The summed E-state index contributed by atoms with van der Waals surface area (Å²) in [6.07, 6.45) is 0. The molecular weight excluding hydrogens is 310 g/mol. The van der Waals surface area contributed by atoms with Gasteiger partial charge in [-0.3, -0.25) is 9.69 Å². The topological polar surface area (TPSA) is 38.8 Å². The minimum atomic E-state index is 0.111. The molecule has 0 aliphatic carbocycles. The molecule has 0 atom stereocenters. The van der Waals surface area contributed by atoms with Crippen LogP contribution in [0.4, 0.5) is 0 Å². The van der Waals surface area contributed by atoms with Crippen LogP contribution in [-0.4, -0.2) is 57.8 Å². The van der Waals surface area contributed by atoms with Crippen molar-refractivity contribution < 1.29 is 14.3 Å². The first kappa shape index (κ1) is 16.3. The SMILES string of the molecule is COCCN(CCOC)CC(=O)c1ccc(Br)cc1. The highest BCUT2D eigenvalue weighted by Gasteiger charge is 2.12. The molecule has 1 rings (SSSR count). The zero-order valence-electron chi connectivity index (χ0n) is 11.4. The fraction of sp³-hybridized carbons (Fsp3) is 0.500. The van der Waals surface area contributed by atoms with Gasteiger partial charge in [0.2, 0.25) is 0 Å². The maximum absolute atomic E-state index is 12.2. The Morgan fingerprint density at radius 1 is 1.11 bits per heavy atom. The molecule has 0 aliphatic rings. The van der Waals surface area contributed by atoms with Gasteiger partial charge in [0.25, 0.3) is 0 Å². The van der Waals surface area contributed by atoms with Crippen LogP contribution in [0.3, 0.4) is 0 Å². The average molecular weight is 330 g/mol. The number of hydrogen-bond acceptors (Lipinski definition) is 4. The molecule has 4 nitrogen and oxygen atoms in total. The number of Topliss-reactive ketones (excluding diaryl/α,β-unsaturated/α-hetero) is 1. The minimum Gasteiger partial charge on any atom is -0.383 e. The van der Waals surface area contributed by atoms with Crippen LogP contribution < -0.4 is 0 Å².